The average Bonchev–Trinajstić information content (AvgIpc) is 2.30. The third kappa shape index (κ3) is 5.29. The molecule has 0 saturated heterocycles. The van der Waals surface area contributed by atoms with Crippen LogP contribution in [0.3, 0.4) is 0 Å². The molecule has 0 aliphatic rings. The highest BCUT2D eigenvalue weighted by Gasteiger charge is 2.10. The first-order valence-corrected chi connectivity index (χ1v) is 6.33. The first-order chi connectivity index (χ1) is 8.13. The van der Waals surface area contributed by atoms with Gasteiger partial charge in [0.2, 0.25) is 0 Å². The second kappa shape index (κ2) is 7.41. The van der Waals surface area contributed by atoms with Gasteiger partial charge >= 0.3 is 0 Å². The highest BCUT2D eigenvalue weighted by molar-refractivity contribution is 5.18. The predicted octanol–water partition coefficient (Wildman–Crippen LogP) is 3.03. The smallest absolute Gasteiger partial charge is 0.126 e. The van der Waals surface area contributed by atoms with Crippen LogP contribution in [0.2, 0.25) is 0 Å². The number of rotatable bonds is 7. The van der Waals surface area contributed by atoms with Crippen LogP contribution in [-0.2, 0) is 6.42 Å². The standard InChI is InChI=1S/C14H23FN2/c1-11(2)6-5-8-13(17-16)10-12-7-3-4-9-14(12)15/h3-4,7,9,11,13,17H,5-6,8,10,16H2,1-2H3. The Labute approximate surface area is 103 Å². The van der Waals surface area contributed by atoms with Crippen LogP contribution in [0.15, 0.2) is 24.3 Å². The van der Waals surface area contributed by atoms with Crippen LogP contribution in [0, 0.1) is 11.7 Å². The Morgan fingerprint density at radius 2 is 1.94 bits per heavy atom. The third-order valence-corrected chi connectivity index (χ3v) is 2.99. The monoisotopic (exact) mass is 238 g/mol. The van der Waals surface area contributed by atoms with Gasteiger partial charge in [-0.25, -0.2) is 4.39 Å². The van der Waals surface area contributed by atoms with Crippen molar-refractivity contribution in [2.75, 3.05) is 0 Å². The van der Waals surface area contributed by atoms with Crippen molar-refractivity contribution >= 4 is 0 Å². The summed E-state index contributed by atoms with van der Waals surface area (Å²) in [6.45, 7) is 4.42. The maximum Gasteiger partial charge on any atom is 0.126 e. The zero-order valence-corrected chi connectivity index (χ0v) is 10.7. The normalized spacial score (nSPS) is 13.0. The summed E-state index contributed by atoms with van der Waals surface area (Å²) in [5.74, 6) is 6.08. The Hall–Kier alpha value is -0.930. The van der Waals surface area contributed by atoms with Gasteiger partial charge in [0.25, 0.3) is 0 Å². The quantitative estimate of drug-likeness (QED) is 0.566. The van der Waals surface area contributed by atoms with Gasteiger partial charge in [-0.2, -0.15) is 0 Å². The van der Waals surface area contributed by atoms with Crippen molar-refractivity contribution in [2.45, 2.75) is 45.6 Å². The minimum Gasteiger partial charge on any atom is -0.271 e. The molecule has 0 amide bonds. The van der Waals surface area contributed by atoms with Crippen molar-refractivity contribution in [1.29, 1.82) is 0 Å². The predicted molar refractivity (Wildman–Crippen MR) is 69.9 cm³/mol. The molecule has 0 saturated carbocycles. The summed E-state index contributed by atoms with van der Waals surface area (Å²) in [6, 6.07) is 7.05. The SMILES string of the molecule is CC(C)CCCC(Cc1ccccc1F)NN. The molecule has 96 valence electrons. The van der Waals surface area contributed by atoms with E-state index >= 15 is 0 Å². The van der Waals surface area contributed by atoms with Crippen molar-refractivity contribution in [3.05, 3.63) is 35.6 Å². The molecule has 17 heavy (non-hydrogen) atoms. The van der Waals surface area contributed by atoms with Crippen molar-refractivity contribution in [3.63, 3.8) is 0 Å². The Balaban J connectivity index is 2.44. The molecule has 3 N–H and O–H groups in total. The molecule has 0 aromatic heterocycles. The van der Waals surface area contributed by atoms with Gasteiger partial charge in [0, 0.05) is 6.04 Å². The Bertz CT molecular complexity index is 326. The number of hydrazine groups is 1. The number of benzene rings is 1. The van der Waals surface area contributed by atoms with Crippen LogP contribution in [-0.4, -0.2) is 6.04 Å². The van der Waals surface area contributed by atoms with E-state index in [0.717, 1.165) is 18.4 Å². The molecule has 0 aliphatic carbocycles. The van der Waals surface area contributed by atoms with Crippen molar-refractivity contribution in [2.24, 2.45) is 11.8 Å². The van der Waals surface area contributed by atoms with Crippen molar-refractivity contribution in [3.8, 4) is 0 Å². The van der Waals surface area contributed by atoms with E-state index in [2.05, 4.69) is 19.3 Å². The summed E-state index contributed by atoms with van der Waals surface area (Å²) in [4.78, 5) is 0. The molecular formula is C14H23FN2. The lowest BCUT2D eigenvalue weighted by atomic mass is 9.98. The lowest BCUT2D eigenvalue weighted by Crippen LogP contribution is -2.37. The fourth-order valence-corrected chi connectivity index (χ4v) is 1.95. The summed E-state index contributed by atoms with van der Waals surface area (Å²) < 4.78 is 13.5. The summed E-state index contributed by atoms with van der Waals surface area (Å²) in [7, 11) is 0. The van der Waals surface area contributed by atoms with E-state index in [1.807, 2.05) is 12.1 Å². The second-order valence-corrected chi connectivity index (χ2v) is 4.98. The van der Waals surface area contributed by atoms with E-state index in [4.69, 9.17) is 5.84 Å². The van der Waals surface area contributed by atoms with E-state index in [0.29, 0.717) is 12.3 Å². The van der Waals surface area contributed by atoms with Gasteiger partial charge in [0.15, 0.2) is 0 Å². The zero-order chi connectivity index (χ0) is 12.7. The van der Waals surface area contributed by atoms with Gasteiger partial charge in [-0.1, -0.05) is 44.9 Å². The van der Waals surface area contributed by atoms with Crippen molar-refractivity contribution in [1.82, 2.24) is 5.43 Å². The van der Waals surface area contributed by atoms with E-state index in [-0.39, 0.29) is 11.9 Å². The third-order valence-electron chi connectivity index (χ3n) is 2.99. The molecule has 0 radical (unpaired) electrons. The molecular weight excluding hydrogens is 215 g/mol. The maximum absolute atomic E-state index is 13.5. The number of hydrogen-bond acceptors (Lipinski definition) is 2. The van der Waals surface area contributed by atoms with Gasteiger partial charge < -0.3 is 0 Å². The Morgan fingerprint density at radius 1 is 1.24 bits per heavy atom. The van der Waals surface area contributed by atoms with Crippen LogP contribution in [0.1, 0.15) is 38.7 Å². The van der Waals surface area contributed by atoms with Crippen LogP contribution in [0.5, 0.6) is 0 Å². The number of hydrogen-bond donors (Lipinski definition) is 2. The largest absolute Gasteiger partial charge is 0.271 e. The molecule has 3 heteroatoms. The van der Waals surface area contributed by atoms with Crippen LogP contribution < -0.4 is 11.3 Å². The molecule has 1 unspecified atom stereocenters. The van der Waals surface area contributed by atoms with Crippen LogP contribution in [0.25, 0.3) is 0 Å². The zero-order valence-electron chi connectivity index (χ0n) is 10.7. The molecule has 0 bridgehead atoms. The van der Waals surface area contributed by atoms with Gasteiger partial charge in [0.1, 0.15) is 5.82 Å². The van der Waals surface area contributed by atoms with E-state index in [1.54, 1.807) is 6.07 Å². The first kappa shape index (κ1) is 14.1. The minimum absolute atomic E-state index is 0.142. The fraction of sp³-hybridized carbons (Fsp3) is 0.571. The van der Waals surface area contributed by atoms with Gasteiger partial charge in [-0.05, 0) is 30.4 Å². The Morgan fingerprint density at radius 3 is 2.53 bits per heavy atom. The van der Waals surface area contributed by atoms with Crippen LogP contribution in [0.4, 0.5) is 4.39 Å². The molecule has 0 aliphatic heterocycles. The maximum atomic E-state index is 13.5. The molecule has 2 nitrogen and oxygen atoms in total. The topological polar surface area (TPSA) is 38.0 Å². The fourth-order valence-electron chi connectivity index (χ4n) is 1.95. The Kier molecular flexibility index (Phi) is 6.16. The summed E-state index contributed by atoms with van der Waals surface area (Å²) in [6.07, 6.45) is 3.96. The molecule has 0 fully saturated rings. The van der Waals surface area contributed by atoms with Crippen molar-refractivity contribution < 1.29 is 4.39 Å². The van der Waals surface area contributed by atoms with Gasteiger partial charge in [-0.15, -0.1) is 0 Å². The number of halogens is 1. The molecule has 0 spiro atoms. The lowest BCUT2D eigenvalue weighted by Gasteiger charge is -2.16. The minimum atomic E-state index is -0.142. The number of nitrogens with one attached hydrogen (secondary N) is 1. The van der Waals surface area contributed by atoms with E-state index in [1.165, 1.54) is 12.5 Å². The van der Waals surface area contributed by atoms with Gasteiger partial charge in [-0.3, -0.25) is 11.3 Å². The van der Waals surface area contributed by atoms with E-state index < -0.39 is 0 Å². The molecule has 1 atom stereocenters. The summed E-state index contributed by atoms with van der Waals surface area (Å²) in [5.41, 5.74) is 3.52. The first-order valence-electron chi connectivity index (χ1n) is 6.33. The summed E-state index contributed by atoms with van der Waals surface area (Å²) >= 11 is 0. The van der Waals surface area contributed by atoms with Gasteiger partial charge in [0.05, 0.1) is 0 Å². The molecule has 1 aromatic rings. The number of nitrogens with two attached hydrogens (primary N) is 1. The van der Waals surface area contributed by atoms with Crippen LogP contribution >= 0.6 is 0 Å². The van der Waals surface area contributed by atoms with E-state index in [9.17, 15) is 4.39 Å². The second-order valence-electron chi connectivity index (χ2n) is 4.98. The average molecular weight is 238 g/mol. The molecule has 1 aromatic carbocycles. The molecule has 1 rings (SSSR count). The lowest BCUT2D eigenvalue weighted by molar-refractivity contribution is 0.436. The highest BCUT2D eigenvalue weighted by Crippen LogP contribution is 2.14. The highest BCUT2D eigenvalue weighted by atomic mass is 19.1. The summed E-state index contributed by atoms with van der Waals surface area (Å²) in [5, 5.41) is 0. The molecule has 0 heterocycles.